The van der Waals surface area contributed by atoms with Gasteiger partial charge in [0.1, 0.15) is 5.60 Å². The van der Waals surface area contributed by atoms with Crippen molar-refractivity contribution >= 4 is 35.0 Å². The van der Waals surface area contributed by atoms with Crippen molar-refractivity contribution < 1.29 is 19.2 Å². The van der Waals surface area contributed by atoms with Gasteiger partial charge in [-0.3, -0.25) is 10.1 Å². The van der Waals surface area contributed by atoms with Crippen molar-refractivity contribution in [3.05, 3.63) is 15.4 Å². The number of carbonyl (C=O) groups excluding carboxylic acids is 1. The van der Waals surface area contributed by atoms with E-state index in [0.29, 0.717) is 52.2 Å². The molecule has 2 saturated heterocycles. The van der Waals surface area contributed by atoms with Crippen molar-refractivity contribution in [1.82, 2.24) is 14.9 Å². The Morgan fingerprint density at radius 2 is 1.87 bits per heavy atom. The van der Waals surface area contributed by atoms with Crippen LogP contribution in [0.15, 0.2) is 0 Å². The summed E-state index contributed by atoms with van der Waals surface area (Å²) in [5, 5.41) is 14.9. The van der Waals surface area contributed by atoms with E-state index in [4.69, 9.17) is 21.1 Å². The van der Waals surface area contributed by atoms with Gasteiger partial charge in [0.2, 0.25) is 16.9 Å². The highest BCUT2D eigenvalue weighted by atomic mass is 35.5. The number of likely N-dealkylation sites (tertiary alicyclic amines) is 1. The first-order valence-corrected chi connectivity index (χ1v) is 10.3. The average Bonchev–Trinajstić information content (AvgIpc) is 2.67. The summed E-state index contributed by atoms with van der Waals surface area (Å²) in [6, 6.07) is -0.0918. The highest BCUT2D eigenvalue weighted by molar-refractivity contribution is 6.28. The van der Waals surface area contributed by atoms with Gasteiger partial charge in [-0.1, -0.05) is 0 Å². The molecule has 0 radical (unpaired) electrons. The fraction of sp³-hybridized carbons (Fsp3) is 0.722. The van der Waals surface area contributed by atoms with Crippen LogP contribution in [-0.2, 0) is 9.47 Å². The molecule has 0 saturated carbocycles. The first kappa shape index (κ1) is 22.3. The summed E-state index contributed by atoms with van der Waals surface area (Å²) < 4.78 is 10.7. The molecule has 12 heteroatoms. The zero-order chi connectivity index (χ0) is 21.9. The third-order valence-corrected chi connectivity index (χ3v) is 4.99. The molecule has 11 nitrogen and oxygen atoms in total. The molecule has 3 rings (SSSR count). The number of amides is 1. The molecule has 1 aromatic heterocycles. The maximum atomic E-state index is 12.2. The van der Waals surface area contributed by atoms with Gasteiger partial charge in [-0.05, 0) is 45.2 Å². The van der Waals surface area contributed by atoms with Crippen LogP contribution in [0.2, 0.25) is 5.28 Å². The lowest BCUT2D eigenvalue weighted by molar-refractivity contribution is -0.383. The standard InChI is InChI=1S/C18H27ClN6O5/c1-18(2,3)30-17(26)24-6-4-12(5-7-24)20-14-13(25(27)28)15(22-16(19)21-14)23-8-10-29-11-9-23/h12H,4-11H2,1-3H3,(H,20,21,22). The maximum Gasteiger partial charge on any atom is 0.410 e. The average molecular weight is 443 g/mol. The zero-order valence-electron chi connectivity index (χ0n) is 17.4. The van der Waals surface area contributed by atoms with Crippen molar-refractivity contribution in [1.29, 1.82) is 0 Å². The van der Waals surface area contributed by atoms with Crippen LogP contribution in [0.4, 0.5) is 22.1 Å². The largest absolute Gasteiger partial charge is 0.444 e. The number of halogens is 1. The SMILES string of the molecule is CC(C)(C)OC(=O)N1CCC(Nc2nc(Cl)nc(N3CCOCC3)c2[N+](=O)[O-])CC1. The van der Waals surface area contributed by atoms with E-state index < -0.39 is 10.5 Å². The quantitative estimate of drug-likeness (QED) is 0.425. The Morgan fingerprint density at radius 1 is 1.23 bits per heavy atom. The van der Waals surface area contributed by atoms with Crippen LogP contribution in [0.3, 0.4) is 0 Å². The Labute approximate surface area is 179 Å². The van der Waals surface area contributed by atoms with E-state index in [1.165, 1.54) is 0 Å². The lowest BCUT2D eigenvalue weighted by Gasteiger charge is -2.34. The van der Waals surface area contributed by atoms with Crippen molar-refractivity contribution in [2.45, 2.75) is 45.3 Å². The summed E-state index contributed by atoms with van der Waals surface area (Å²) in [4.78, 5) is 35.2. The highest BCUT2D eigenvalue weighted by Crippen LogP contribution is 2.35. The summed E-state index contributed by atoms with van der Waals surface area (Å²) >= 11 is 6.08. The first-order valence-electron chi connectivity index (χ1n) is 9.93. The van der Waals surface area contributed by atoms with Gasteiger partial charge in [0.25, 0.3) is 0 Å². The van der Waals surface area contributed by atoms with Crippen LogP contribution in [0.25, 0.3) is 0 Å². The lowest BCUT2D eigenvalue weighted by atomic mass is 10.1. The Bertz CT molecular complexity index is 788. The minimum Gasteiger partial charge on any atom is -0.444 e. The van der Waals surface area contributed by atoms with Crippen LogP contribution in [0.1, 0.15) is 33.6 Å². The molecule has 3 heterocycles. The fourth-order valence-corrected chi connectivity index (χ4v) is 3.57. The number of ether oxygens (including phenoxy) is 2. The number of hydrogen-bond donors (Lipinski definition) is 1. The summed E-state index contributed by atoms with van der Waals surface area (Å²) in [5.41, 5.74) is -0.753. The molecule has 0 spiro atoms. The number of piperidine rings is 1. The normalized spacial score (nSPS) is 18.3. The molecule has 1 aromatic rings. The van der Waals surface area contributed by atoms with E-state index >= 15 is 0 Å². The van der Waals surface area contributed by atoms with Crippen molar-refractivity contribution in [3.8, 4) is 0 Å². The van der Waals surface area contributed by atoms with E-state index in [9.17, 15) is 14.9 Å². The molecule has 1 amide bonds. The van der Waals surface area contributed by atoms with Gasteiger partial charge in [0.15, 0.2) is 0 Å². The molecule has 2 aliphatic heterocycles. The van der Waals surface area contributed by atoms with Gasteiger partial charge in [-0.25, -0.2) is 4.79 Å². The molecule has 30 heavy (non-hydrogen) atoms. The number of nitrogens with one attached hydrogen (secondary N) is 1. The zero-order valence-corrected chi connectivity index (χ0v) is 18.1. The highest BCUT2D eigenvalue weighted by Gasteiger charge is 2.32. The lowest BCUT2D eigenvalue weighted by Crippen LogP contribution is -2.44. The fourth-order valence-electron chi connectivity index (χ4n) is 3.41. The van der Waals surface area contributed by atoms with Crippen molar-refractivity contribution in [3.63, 3.8) is 0 Å². The smallest absolute Gasteiger partial charge is 0.410 e. The summed E-state index contributed by atoms with van der Waals surface area (Å²) in [6.45, 7) is 8.33. The molecule has 166 valence electrons. The monoisotopic (exact) mass is 442 g/mol. The summed E-state index contributed by atoms with van der Waals surface area (Å²) in [5.74, 6) is 0.286. The van der Waals surface area contributed by atoms with Gasteiger partial charge >= 0.3 is 11.8 Å². The number of carbonyl (C=O) groups is 1. The molecular weight excluding hydrogens is 416 g/mol. The summed E-state index contributed by atoms with van der Waals surface area (Å²) in [7, 11) is 0. The van der Waals surface area contributed by atoms with E-state index in [2.05, 4.69) is 15.3 Å². The Morgan fingerprint density at radius 3 is 2.43 bits per heavy atom. The minimum atomic E-state index is -0.555. The minimum absolute atomic E-state index is 0.0595. The topological polar surface area (TPSA) is 123 Å². The number of anilines is 2. The number of rotatable bonds is 4. The van der Waals surface area contributed by atoms with Gasteiger partial charge in [-0.15, -0.1) is 0 Å². The molecule has 0 aromatic carbocycles. The second-order valence-electron chi connectivity index (χ2n) is 8.26. The second-order valence-corrected chi connectivity index (χ2v) is 8.59. The number of nitrogens with zero attached hydrogens (tertiary/aromatic N) is 5. The summed E-state index contributed by atoms with van der Waals surface area (Å²) in [6.07, 6.45) is 0.849. The predicted molar refractivity (Wildman–Crippen MR) is 111 cm³/mol. The van der Waals surface area contributed by atoms with E-state index in [1.54, 1.807) is 9.80 Å². The third-order valence-electron chi connectivity index (χ3n) is 4.82. The Kier molecular flexibility index (Phi) is 6.81. The van der Waals surface area contributed by atoms with Gasteiger partial charge < -0.3 is 24.6 Å². The van der Waals surface area contributed by atoms with Gasteiger partial charge in [0.05, 0.1) is 18.1 Å². The maximum absolute atomic E-state index is 12.2. The predicted octanol–water partition coefficient (Wildman–Crippen LogP) is 2.69. The Hall–Kier alpha value is -2.40. The van der Waals surface area contributed by atoms with Crippen LogP contribution in [0.5, 0.6) is 0 Å². The molecule has 0 atom stereocenters. The molecule has 0 bridgehead atoms. The molecule has 0 aliphatic carbocycles. The van der Waals surface area contributed by atoms with Crippen molar-refractivity contribution in [2.75, 3.05) is 49.6 Å². The second kappa shape index (κ2) is 9.17. The van der Waals surface area contributed by atoms with Gasteiger partial charge in [0, 0.05) is 32.2 Å². The van der Waals surface area contributed by atoms with Crippen molar-refractivity contribution in [2.24, 2.45) is 0 Å². The molecule has 0 unspecified atom stereocenters. The molecular formula is C18H27ClN6O5. The van der Waals surface area contributed by atoms with E-state index in [-0.39, 0.29) is 34.7 Å². The molecule has 2 aliphatic rings. The van der Waals surface area contributed by atoms with Crippen LogP contribution in [0, 0.1) is 10.1 Å². The van der Waals surface area contributed by atoms with Crippen LogP contribution < -0.4 is 10.2 Å². The number of hydrogen-bond acceptors (Lipinski definition) is 9. The number of nitro groups is 1. The van der Waals surface area contributed by atoms with Crippen LogP contribution in [-0.4, -0.2) is 76.9 Å². The first-order chi connectivity index (χ1) is 14.1. The molecule has 1 N–H and O–H groups in total. The van der Waals surface area contributed by atoms with E-state index in [0.717, 1.165) is 0 Å². The number of aromatic nitrogens is 2. The third kappa shape index (κ3) is 5.60. The molecule has 2 fully saturated rings. The Balaban J connectivity index is 1.72. The van der Waals surface area contributed by atoms with Crippen LogP contribution >= 0.6 is 11.6 Å². The number of morpholine rings is 1. The van der Waals surface area contributed by atoms with E-state index in [1.807, 2.05) is 20.8 Å². The van der Waals surface area contributed by atoms with Gasteiger partial charge in [-0.2, -0.15) is 9.97 Å².